The predicted molar refractivity (Wildman–Crippen MR) is 97.0 cm³/mol. The lowest BCUT2D eigenvalue weighted by molar-refractivity contribution is 0.145. The van der Waals surface area contributed by atoms with Gasteiger partial charge >= 0.3 is 0 Å². The summed E-state index contributed by atoms with van der Waals surface area (Å²) >= 11 is 0. The van der Waals surface area contributed by atoms with Gasteiger partial charge < -0.3 is 20.5 Å². The molecule has 1 aromatic carbocycles. The molecule has 0 saturated heterocycles. The van der Waals surface area contributed by atoms with Crippen LogP contribution in [0, 0.1) is 5.41 Å². The van der Waals surface area contributed by atoms with E-state index in [0.717, 1.165) is 17.9 Å². The standard InChI is InChI=1S/C15H23N3O2.HI/c1-15(2)8-7-13(15)18-14(16)17-11-9-10(19-3)5-6-12(11)20-4;/h5-6,9,13H,7-8H2,1-4H3,(H3,16,17,18);1H. The highest BCUT2D eigenvalue weighted by molar-refractivity contribution is 14.0. The average Bonchev–Trinajstić information content (AvgIpc) is 2.43. The fourth-order valence-corrected chi connectivity index (χ4v) is 2.34. The molecular weight excluding hydrogens is 381 g/mol. The number of hydrogen-bond donors (Lipinski definition) is 2. The van der Waals surface area contributed by atoms with Crippen LogP contribution in [-0.4, -0.2) is 26.2 Å². The third-order valence-electron chi connectivity index (χ3n) is 3.93. The Hall–Kier alpha value is -1.18. The zero-order chi connectivity index (χ0) is 14.8. The first-order valence-corrected chi connectivity index (χ1v) is 6.78. The van der Waals surface area contributed by atoms with Crippen molar-refractivity contribution in [1.82, 2.24) is 0 Å². The zero-order valence-corrected chi connectivity index (χ0v) is 15.3. The highest BCUT2D eigenvalue weighted by Crippen LogP contribution is 2.42. The van der Waals surface area contributed by atoms with E-state index in [-0.39, 0.29) is 35.4 Å². The second kappa shape index (κ2) is 7.20. The van der Waals surface area contributed by atoms with Gasteiger partial charge in [-0.25, -0.2) is 4.99 Å². The van der Waals surface area contributed by atoms with Crippen LogP contribution in [0.5, 0.6) is 11.5 Å². The number of rotatable bonds is 4. The topological polar surface area (TPSA) is 68.9 Å². The highest BCUT2D eigenvalue weighted by Gasteiger charge is 2.38. The molecule has 5 nitrogen and oxygen atoms in total. The summed E-state index contributed by atoms with van der Waals surface area (Å²) in [5.74, 6) is 1.86. The van der Waals surface area contributed by atoms with Crippen LogP contribution in [-0.2, 0) is 0 Å². The van der Waals surface area contributed by atoms with Crippen LogP contribution in [0.25, 0.3) is 0 Å². The van der Waals surface area contributed by atoms with E-state index in [1.807, 2.05) is 18.2 Å². The van der Waals surface area contributed by atoms with Crippen LogP contribution in [0.4, 0.5) is 5.69 Å². The summed E-state index contributed by atoms with van der Waals surface area (Å²) < 4.78 is 10.5. The summed E-state index contributed by atoms with van der Waals surface area (Å²) in [7, 11) is 3.25. The van der Waals surface area contributed by atoms with Gasteiger partial charge in [-0.15, -0.1) is 24.0 Å². The van der Waals surface area contributed by atoms with E-state index >= 15 is 0 Å². The number of ether oxygens (including phenoxy) is 2. The largest absolute Gasteiger partial charge is 0.497 e. The first-order chi connectivity index (χ1) is 9.46. The molecule has 1 fully saturated rings. The Kier molecular flexibility index (Phi) is 6.12. The number of halogens is 1. The van der Waals surface area contributed by atoms with E-state index in [9.17, 15) is 0 Å². The number of benzene rings is 1. The zero-order valence-electron chi connectivity index (χ0n) is 13.0. The van der Waals surface area contributed by atoms with Crippen LogP contribution in [0.3, 0.4) is 0 Å². The van der Waals surface area contributed by atoms with Crippen molar-refractivity contribution in [2.24, 2.45) is 16.1 Å². The number of hydrogen-bond acceptors (Lipinski definition) is 3. The molecule has 118 valence electrons. The van der Waals surface area contributed by atoms with Gasteiger partial charge in [0, 0.05) is 6.07 Å². The summed E-state index contributed by atoms with van der Waals surface area (Å²) in [5.41, 5.74) is 6.99. The number of guanidine groups is 1. The monoisotopic (exact) mass is 405 g/mol. The van der Waals surface area contributed by atoms with Crippen LogP contribution in [0.2, 0.25) is 0 Å². The van der Waals surface area contributed by atoms with Gasteiger partial charge in [0.2, 0.25) is 0 Å². The Bertz CT molecular complexity index is 518. The first kappa shape index (κ1) is 17.9. The molecule has 2 rings (SSSR count). The van der Waals surface area contributed by atoms with Crippen LogP contribution in [0.15, 0.2) is 23.2 Å². The lowest BCUT2D eigenvalue weighted by Crippen LogP contribution is -2.40. The Morgan fingerprint density at radius 1 is 1.33 bits per heavy atom. The Morgan fingerprint density at radius 3 is 2.52 bits per heavy atom. The van der Waals surface area contributed by atoms with Crippen molar-refractivity contribution < 1.29 is 9.47 Å². The fraction of sp³-hybridized carbons (Fsp3) is 0.533. The van der Waals surface area contributed by atoms with Gasteiger partial charge in [-0.2, -0.15) is 0 Å². The summed E-state index contributed by atoms with van der Waals surface area (Å²) in [5, 5.41) is 3.10. The van der Waals surface area contributed by atoms with E-state index in [2.05, 4.69) is 24.2 Å². The van der Waals surface area contributed by atoms with Gasteiger partial charge in [-0.3, -0.25) is 0 Å². The Morgan fingerprint density at radius 2 is 2.05 bits per heavy atom. The Labute approximate surface area is 143 Å². The molecule has 0 amide bonds. The number of nitrogens with one attached hydrogen (secondary N) is 1. The molecule has 1 atom stereocenters. The normalized spacial score (nSPS) is 20.0. The molecule has 0 radical (unpaired) electrons. The number of aliphatic imine (C=N–C) groups is 1. The number of nitrogens with two attached hydrogens (primary N) is 1. The second-order valence-electron chi connectivity index (χ2n) is 5.75. The maximum atomic E-state index is 5.99. The molecule has 1 unspecified atom stereocenters. The maximum absolute atomic E-state index is 5.99. The summed E-state index contributed by atoms with van der Waals surface area (Å²) in [6, 6.07) is 5.80. The third kappa shape index (κ3) is 4.15. The molecule has 1 aromatic rings. The second-order valence-corrected chi connectivity index (χ2v) is 5.75. The smallest absolute Gasteiger partial charge is 0.193 e. The van der Waals surface area contributed by atoms with Crippen LogP contribution >= 0.6 is 24.0 Å². The molecule has 0 heterocycles. The molecule has 1 saturated carbocycles. The SMILES string of the molecule is COc1ccc(OC)c(NC(N)=NC2CCC2(C)C)c1.I. The van der Waals surface area contributed by atoms with E-state index in [1.165, 1.54) is 6.42 Å². The van der Waals surface area contributed by atoms with Crippen LogP contribution in [0.1, 0.15) is 26.7 Å². The minimum Gasteiger partial charge on any atom is -0.497 e. The molecule has 0 aliphatic heterocycles. The summed E-state index contributed by atoms with van der Waals surface area (Å²) in [6.07, 6.45) is 2.28. The third-order valence-corrected chi connectivity index (χ3v) is 3.93. The van der Waals surface area contributed by atoms with Crippen molar-refractivity contribution in [2.45, 2.75) is 32.7 Å². The van der Waals surface area contributed by atoms with E-state index in [4.69, 9.17) is 15.2 Å². The maximum Gasteiger partial charge on any atom is 0.193 e. The highest BCUT2D eigenvalue weighted by atomic mass is 127. The van der Waals surface area contributed by atoms with Crippen LogP contribution < -0.4 is 20.5 Å². The van der Waals surface area contributed by atoms with Crippen molar-refractivity contribution in [3.63, 3.8) is 0 Å². The molecule has 3 N–H and O–H groups in total. The number of anilines is 1. The molecule has 1 aliphatic rings. The van der Waals surface area contributed by atoms with Crippen molar-refractivity contribution in [1.29, 1.82) is 0 Å². The van der Waals surface area contributed by atoms with Crippen molar-refractivity contribution >= 4 is 35.6 Å². The van der Waals surface area contributed by atoms with Gasteiger partial charge in [0.1, 0.15) is 11.5 Å². The fourth-order valence-electron chi connectivity index (χ4n) is 2.34. The van der Waals surface area contributed by atoms with Crippen molar-refractivity contribution in [2.75, 3.05) is 19.5 Å². The molecule has 21 heavy (non-hydrogen) atoms. The van der Waals surface area contributed by atoms with Gasteiger partial charge in [-0.1, -0.05) is 13.8 Å². The minimum absolute atomic E-state index is 0. The molecule has 0 aromatic heterocycles. The number of methoxy groups -OCH3 is 2. The van der Waals surface area contributed by atoms with Crippen molar-refractivity contribution in [3.8, 4) is 11.5 Å². The molecular formula is C15H24IN3O2. The number of nitrogens with zero attached hydrogens (tertiary/aromatic N) is 1. The first-order valence-electron chi connectivity index (χ1n) is 6.78. The van der Waals surface area contributed by atoms with Gasteiger partial charge in [0.25, 0.3) is 0 Å². The Balaban J connectivity index is 0.00000220. The van der Waals surface area contributed by atoms with E-state index in [1.54, 1.807) is 14.2 Å². The lowest BCUT2D eigenvalue weighted by Gasteiger charge is -2.41. The summed E-state index contributed by atoms with van der Waals surface area (Å²) in [6.45, 7) is 4.42. The average molecular weight is 405 g/mol. The predicted octanol–water partition coefficient (Wildman–Crippen LogP) is 3.24. The quantitative estimate of drug-likeness (QED) is 0.459. The van der Waals surface area contributed by atoms with Gasteiger partial charge in [0.05, 0.1) is 25.9 Å². The van der Waals surface area contributed by atoms with Gasteiger partial charge in [0.15, 0.2) is 5.96 Å². The summed E-state index contributed by atoms with van der Waals surface area (Å²) in [4.78, 5) is 4.55. The molecule has 6 heteroatoms. The van der Waals surface area contributed by atoms with Crippen molar-refractivity contribution in [3.05, 3.63) is 18.2 Å². The van der Waals surface area contributed by atoms with E-state index in [0.29, 0.717) is 11.7 Å². The molecule has 0 spiro atoms. The lowest BCUT2D eigenvalue weighted by atomic mass is 9.68. The minimum atomic E-state index is 0. The van der Waals surface area contributed by atoms with E-state index < -0.39 is 0 Å². The molecule has 0 bridgehead atoms. The van der Waals surface area contributed by atoms with Gasteiger partial charge in [-0.05, 0) is 30.4 Å². The molecule has 1 aliphatic carbocycles.